The van der Waals surface area contributed by atoms with Crippen molar-refractivity contribution in [2.75, 3.05) is 68.7 Å². The number of aromatic nitrogens is 4. The Hall–Kier alpha value is -4.64. The zero-order chi connectivity index (χ0) is 28.9. The van der Waals surface area contributed by atoms with Gasteiger partial charge in [0.1, 0.15) is 5.75 Å². The first-order chi connectivity index (χ1) is 19.9. The normalized spacial score (nSPS) is 12.8. The largest absolute Gasteiger partial charge is 0.494 e. The Kier molecular flexibility index (Phi) is 8.34. The fraction of sp³-hybridized carbons (Fsp3) is 0.333. The lowest BCUT2D eigenvalue weighted by atomic mass is 10.2. The summed E-state index contributed by atoms with van der Waals surface area (Å²) in [6, 6.07) is 13.6. The van der Waals surface area contributed by atoms with E-state index in [2.05, 4.69) is 43.4 Å². The molecule has 0 radical (unpaired) electrons. The molecular formula is C30H37N9O2. The minimum Gasteiger partial charge on any atom is -0.494 e. The minimum absolute atomic E-state index is 0.307. The highest BCUT2D eigenvalue weighted by molar-refractivity contribution is 6.02. The molecule has 2 aromatic carbocycles. The second kappa shape index (κ2) is 12.3. The van der Waals surface area contributed by atoms with Gasteiger partial charge in [-0.2, -0.15) is 4.98 Å². The molecule has 4 aromatic rings. The van der Waals surface area contributed by atoms with Crippen LogP contribution in [0.1, 0.15) is 12.8 Å². The van der Waals surface area contributed by atoms with E-state index in [0.717, 1.165) is 48.0 Å². The molecule has 0 aliphatic heterocycles. The molecule has 0 spiro atoms. The van der Waals surface area contributed by atoms with Gasteiger partial charge in [-0.25, -0.2) is 9.67 Å². The Morgan fingerprint density at radius 3 is 2.68 bits per heavy atom. The summed E-state index contributed by atoms with van der Waals surface area (Å²) in [4.78, 5) is 25.7. The van der Waals surface area contributed by atoms with E-state index in [4.69, 9.17) is 14.8 Å². The van der Waals surface area contributed by atoms with E-state index in [-0.39, 0.29) is 5.91 Å². The van der Waals surface area contributed by atoms with Crippen LogP contribution in [-0.4, -0.2) is 78.4 Å². The van der Waals surface area contributed by atoms with Crippen molar-refractivity contribution >= 4 is 45.6 Å². The maximum Gasteiger partial charge on any atom is 0.247 e. The topological polar surface area (TPSA) is 112 Å². The van der Waals surface area contributed by atoms with Crippen molar-refractivity contribution in [3.05, 3.63) is 61.3 Å². The van der Waals surface area contributed by atoms with Gasteiger partial charge in [0, 0.05) is 50.4 Å². The standard InChI is InChI=1S/C30H37N9O2/c1-6-28(40)33-22-17-23(26(41-5)18-25(22)38(4)16-15-37(2)3)34-30-31-14-13-27(35-30)39-24-10-8-7-9-21(24)29(36-39)32-19-20-11-12-20/h6-10,13-14,17-18,20H,1,11-12,15-16,19H2,2-5H3,(H,32,36)(H,33,40)(H,31,34,35). The van der Waals surface area contributed by atoms with Crippen molar-refractivity contribution in [2.45, 2.75) is 12.8 Å². The maximum absolute atomic E-state index is 12.3. The number of amides is 1. The lowest BCUT2D eigenvalue weighted by Gasteiger charge is -2.26. The smallest absolute Gasteiger partial charge is 0.247 e. The number of anilines is 5. The summed E-state index contributed by atoms with van der Waals surface area (Å²) in [5.74, 6) is 2.83. The van der Waals surface area contributed by atoms with Gasteiger partial charge in [-0.15, -0.1) is 5.10 Å². The van der Waals surface area contributed by atoms with E-state index in [1.54, 1.807) is 13.3 Å². The maximum atomic E-state index is 12.3. The quantitative estimate of drug-likeness (QED) is 0.205. The zero-order valence-electron chi connectivity index (χ0n) is 24.0. The third kappa shape index (κ3) is 6.58. The fourth-order valence-corrected chi connectivity index (χ4v) is 4.49. The molecule has 2 aromatic heterocycles. The number of nitrogens with one attached hydrogen (secondary N) is 3. The SMILES string of the molecule is C=CC(=O)Nc1cc(Nc2nccc(-n3nc(NCC4CC4)c4ccccc43)n2)c(OC)cc1N(C)CCN(C)C. The summed E-state index contributed by atoms with van der Waals surface area (Å²) < 4.78 is 7.56. The van der Waals surface area contributed by atoms with E-state index in [9.17, 15) is 4.79 Å². The second-order valence-corrected chi connectivity index (χ2v) is 10.5. The highest BCUT2D eigenvalue weighted by Gasteiger charge is 2.22. The van der Waals surface area contributed by atoms with Crippen molar-refractivity contribution in [1.82, 2.24) is 24.6 Å². The van der Waals surface area contributed by atoms with Gasteiger partial charge >= 0.3 is 0 Å². The molecule has 1 aliphatic rings. The van der Waals surface area contributed by atoms with E-state index < -0.39 is 0 Å². The van der Waals surface area contributed by atoms with Crippen LogP contribution in [0.4, 0.5) is 28.8 Å². The van der Waals surface area contributed by atoms with Gasteiger partial charge < -0.3 is 30.5 Å². The molecular weight excluding hydrogens is 518 g/mol. The lowest BCUT2D eigenvalue weighted by Crippen LogP contribution is -2.29. The lowest BCUT2D eigenvalue weighted by molar-refractivity contribution is -0.111. The first-order valence-corrected chi connectivity index (χ1v) is 13.7. The second-order valence-electron chi connectivity index (χ2n) is 10.5. The van der Waals surface area contributed by atoms with Crippen LogP contribution in [0.15, 0.2) is 61.3 Å². The van der Waals surface area contributed by atoms with E-state index >= 15 is 0 Å². The molecule has 0 atom stereocenters. The van der Waals surface area contributed by atoms with Crippen molar-refractivity contribution < 1.29 is 9.53 Å². The molecule has 1 amide bonds. The Morgan fingerprint density at radius 2 is 1.95 bits per heavy atom. The highest BCUT2D eigenvalue weighted by Crippen LogP contribution is 2.38. The number of rotatable bonds is 13. The van der Waals surface area contributed by atoms with E-state index in [1.165, 1.54) is 18.9 Å². The molecule has 0 unspecified atom stereocenters. The van der Waals surface area contributed by atoms with E-state index in [1.807, 2.05) is 62.2 Å². The van der Waals surface area contributed by atoms with Crippen molar-refractivity contribution in [3.8, 4) is 11.6 Å². The average Bonchev–Trinajstić information content (AvgIpc) is 3.74. The number of benzene rings is 2. The molecule has 0 saturated heterocycles. The summed E-state index contributed by atoms with van der Waals surface area (Å²) in [5.41, 5.74) is 2.98. The van der Waals surface area contributed by atoms with Crippen molar-refractivity contribution in [1.29, 1.82) is 0 Å². The molecule has 0 bridgehead atoms. The number of hydrogen-bond donors (Lipinski definition) is 3. The molecule has 11 heteroatoms. The predicted octanol–water partition coefficient (Wildman–Crippen LogP) is 4.51. The number of ether oxygens (including phenoxy) is 1. The Bertz CT molecular complexity index is 1540. The third-order valence-electron chi connectivity index (χ3n) is 7.00. The van der Waals surface area contributed by atoms with Gasteiger partial charge in [0.25, 0.3) is 0 Å². The van der Waals surface area contributed by atoms with Gasteiger partial charge in [-0.05, 0) is 57.1 Å². The Morgan fingerprint density at radius 1 is 1.15 bits per heavy atom. The summed E-state index contributed by atoms with van der Waals surface area (Å²) in [6.45, 7) is 6.11. The number of para-hydroxylation sites is 1. The molecule has 3 N–H and O–H groups in total. The highest BCUT2D eigenvalue weighted by atomic mass is 16.5. The molecule has 1 fully saturated rings. The van der Waals surface area contributed by atoms with Crippen LogP contribution in [0.2, 0.25) is 0 Å². The monoisotopic (exact) mass is 555 g/mol. The third-order valence-corrected chi connectivity index (χ3v) is 7.00. The van der Waals surface area contributed by atoms with E-state index in [0.29, 0.717) is 28.9 Å². The van der Waals surface area contributed by atoms with Gasteiger partial charge in [0.15, 0.2) is 11.6 Å². The number of carbonyl (C=O) groups is 1. The van der Waals surface area contributed by atoms with Crippen LogP contribution in [0.25, 0.3) is 16.7 Å². The molecule has 5 rings (SSSR count). The Labute approximate surface area is 240 Å². The van der Waals surface area contributed by atoms with Gasteiger partial charge in [0.2, 0.25) is 11.9 Å². The summed E-state index contributed by atoms with van der Waals surface area (Å²) >= 11 is 0. The van der Waals surface area contributed by atoms with Crippen LogP contribution in [0.3, 0.4) is 0 Å². The van der Waals surface area contributed by atoms with Crippen LogP contribution >= 0.6 is 0 Å². The molecule has 11 nitrogen and oxygen atoms in total. The number of methoxy groups -OCH3 is 1. The van der Waals surface area contributed by atoms with Crippen LogP contribution in [0, 0.1) is 5.92 Å². The van der Waals surface area contributed by atoms with Crippen molar-refractivity contribution in [3.63, 3.8) is 0 Å². The summed E-state index contributed by atoms with van der Waals surface area (Å²) in [7, 11) is 7.63. The summed E-state index contributed by atoms with van der Waals surface area (Å²) in [5, 5.41) is 15.6. The van der Waals surface area contributed by atoms with Crippen LogP contribution in [-0.2, 0) is 4.79 Å². The first-order valence-electron chi connectivity index (χ1n) is 13.7. The van der Waals surface area contributed by atoms with Gasteiger partial charge in [-0.3, -0.25) is 4.79 Å². The summed E-state index contributed by atoms with van der Waals surface area (Å²) in [6.07, 6.45) is 5.47. The fourth-order valence-electron chi connectivity index (χ4n) is 4.49. The number of nitrogens with zero attached hydrogens (tertiary/aromatic N) is 6. The van der Waals surface area contributed by atoms with Gasteiger partial charge in [0.05, 0.1) is 29.7 Å². The minimum atomic E-state index is -0.307. The zero-order valence-corrected chi connectivity index (χ0v) is 24.0. The van der Waals surface area contributed by atoms with Gasteiger partial charge in [-0.1, -0.05) is 18.7 Å². The van der Waals surface area contributed by atoms with Crippen molar-refractivity contribution in [2.24, 2.45) is 5.92 Å². The average molecular weight is 556 g/mol. The molecule has 214 valence electrons. The molecule has 1 aliphatic carbocycles. The molecule has 1 saturated carbocycles. The Balaban J connectivity index is 1.47. The number of carbonyl (C=O) groups excluding carboxylic acids is 1. The predicted molar refractivity (Wildman–Crippen MR) is 165 cm³/mol. The first kappa shape index (κ1) is 27.9. The molecule has 2 heterocycles. The number of hydrogen-bond acceptors (Lipinski definition) is 9. The van der Waals surface area contributed by atoms with Crippen LogP contribution in [0.5, 0.6) is 5.75 Å². The van der Waals surface area contributed by atoms with Crippen LogP contribution < -0.4 is 25.6 Å². The number of likely N-dealkylation sites (N-methyl/N-ethyl adjacent to an activating group) is 2. The number of fused-ring (bicyclic) bond motifs is 1. The molecule has 41 heavy (non-hydrogen) atoms.